The summed E-state index contributed by atoms with van der Waals surface area (Å²) in [6, 6.07) is 11.1. The molecular weight excluding hydrogens is 480 g/mol. The average Bonchev–Trinajstić information content (AvgIpc) is 3.40. The van der Waals surface area contributed by atoms with Crippen LogP contribution in [0.25, 0.3) is 11.0 Å². The van der Waals surface area contributed by atoms with Crippen molar-refractivity contribution in [1.82, 2.24) is 24.3 Å². The van der Waals surface area contributed by atoms with E-state index in [4.69, 9.17) is 26.1 Å². The second-order valence-electron chi connectivity index (χ2n) is 9.73. The van der Waals surface area contributed by atoms with Gasteiger partial charge < -0.3 is 19.4 Å². The van der Waals surface area contributed by atoms with E-state index in [0.29, 0.717) is 41.2 Å². The average molecular weight is 513 g/mol. The number of hydrogen-bond donors (Lipinski definition) is 1. The summed E-state index contributed by atoms with van der Waals surface area (Å²) in [5.41, 5.74) is 2.49. The quantitative estimate of drug-likeness (QED) is 0.182. The predicted molar refractivity (Wildman–Crippen MR) is 143 cm³/mol. The van der Waals surface area contributed by atoms with Gasteiger partial charge in [-0.25, -0.2) is 0 Å². The minimum atomic E-state index is -1.18. The third kappa shape index (κ3) is 6.42. The summed E-state index contributed by atoms with van der Waals surface area (Å²) in [6.45, 7) is 12.9. The van der Waals surface area contributed by atoms with E-state index in [0.717, 1.165) is 23.8 Å². The lowest BCUT2D eigenvalue weighted by Gasteiger charge is -2.17. The van der Waals surface area contributed by atoms with E-state index in [1.165, 1.54) is 0 Å². The number of aryl methyl sites for hydroxylation is 1. The van der Waals surface area contributed by atoms with Crippen LogP contribution in [0.15, 0.2) is 48.9 Å². The molecule has 0 amide bonds. The molecule has 0 bridgehead atoms. The molecule has 0 saturated heterocycles. The van der Waals surface area contributed by atoms with E-state index in [1.54, 1.807) is 6.20 Å². The first kappa shape index (κ1) is 25.2. The van der Waals surface area contributed by atoms with Crippen LogP contribution >= 0.6 is 11.6 Å². The number of hydrogen-bond acceptors (Lipinski definition) is 6. The van der Waals surface area contributed by atoms with Crippen LogP contribution < -0.4 is 10.1 Å². The van der Waals surface area contributed by atoms with Crippen LogP contribution in [0.4, 0.5) is 11.6 Å². The van der Waals surface area contributed by atoms with Crippen LogP contribution in [-0.2, 0) is 18.0 Å². The highest BCUT2D eigenvalue weighted by Crippen LogP contribution is 2.35. The molecule has 0 aliphatic heterocycles. The number of nitrogens with zero attached hydrogens (tertiary/aromatic N) is 5. The predicted octanol–water partition coefficient (Wildman–Crippen LogP) is 6.50. The van der Waals surface area contributed by atoms with E-state index < -0.39 is 8.07 Å². The standard InChI is InChI=1S/C25H33ClN6O2Si/c1-6-32-15-20(14-27-32)28-25-29-23-22(21(26)16-31(23)17-33-12-13-35(3,4)5)24(30-25)34-18(2)19-10-8-7-9-11-19/h7-11,14-16,18H,6,12-13,17H2,1-5H3,(H,28,29,30). The summed E-state index contributed by atoms with van der Waals surface area (Å²) in [6.07, 6.45) is 5.26. The lowest BCUT2D eigenvalue weighted by molar-refractivity contribution is 0.0899. The summed E-state index contributed by atoms with van der Waals surface area (Å²) in [4.78, 5) is 9.45. The normalized spacial score (nSPS) is 12.7. The van der Waals surface area contributed by atoms with Gasteiger partial charge >= 0.3 is 0 Å². The van der Waals surface area contributed by atoms with Crippen molar-refractivity contribution in [3.8, 4) is 5.88 Å². The van der Waals surface area contributed by atoms with E-state index >= 15 is 0 Å². The zero-order valence-electron chi connectivity index (χ0n) is 21.0. The van der Waals surface area contributed by atoms with E-state index in [-0.39, 0.29) is 6.10 Å². The second kappa shape index (κ2) is 10.8. The van der Waals surface area contributed by atoms with Gasteiger partial charge in [0.25, 0.3) is 0 Å². The van der Waals surface area contributed by atoms with Crippen molar-refractivity contribution < 1.29 is 9.47 Å². The minimum Gasteiger partial charge on any atom is -0.469 e. The summed E-state index contributed by atoms with van der Waals surface area (Å²) >= 11 is 6.67. The third-order valence-electron chi connectivity index (χ3n) is 5.63. The number of fused-ring (bicyclic) bond motifs is 1. The molecule has 0 fully saturated rings. The van der Waals surface area contributed by atoms with Gasteiger partial charge in [0, 0.05) is 33.6 Å². The van der Waals surface area contributed by atoms with Gasteiger partial charge in [0.1, 0.15) is 12.8 Å². The maximum absolute atomic E-state index is 6.67. The fourth-order valence-corrected chi connectivity index (χ4v) is 4.62. The topological polar surface area (TPSA) is 79.0 Å². The Morgan fingerprint density at radius 1 is 1.11 bits per heavy atom. The smallest absolute Gasteiger partial charge is 0.232 e. The molecule has 4 aromatic rings. The molecule has 1 N–H and O–H groups in total. The van der Waals surface area contributed by atoms with Crippen LogP contribution in [0.1, 0.15) is 25.5 Å². The van der Waals surface area contributed by atoms with Gasteiger partial charge in [-0.05, 0) is 25.5 Å². The minimum absolute atomic E-state index is 0.225. The Morgan fingerprint density at radius 2 is 1.89 bits per heavy atom. The molecule has 186 valence electrons. The molecule has 0 radical (unpaired) electrons. The van der Waals surface area contributed by atoms with Crippen LogP contribution in [0.3, 0.4) is 0 Å². The van der Waals surface area contributed by atoms with Gasteiger partial charge in [-0.2, -0.15) is 15.1 Å². The molecular formula is C25H33ClN6O2Si. The van der Waals surface area contributed by atoms with Crippen LogP contribution in [0.5, 0.6) is 5.88 Å². The molecule has 0 saturated carbocycles. The third-order valence-corrected chi connectivity index (χ3v) is 7.63. The number of ether oxygens (including phenoxy) is 2. The zero-order valence-corrected chi connectivity index (χ0v) is 22.7. The highest BCUT2D eigenvalue weighted by molar-refractivity contribution is 6.76. The van der Waals surface area contributed by atoms with Crippen molar-refractivity contribution in [2.24, 2.45) is 0 Å². The molecule has 0 aliphatic rings. The summed E-state index contributed by atoms with van der Waals surface area (Å²) < 4.78 is 16.1. The Hall–Kier alpha value is -2.88. The van der Waals surface area contributed by atoms with Crippen LogP contribution in [0.2, 0.25) is 30.7 Å². The molecule has 35 heavy (non-hydrogen) atoms. The number of benzene rings is 1. The van der Waals surface area contributed by atoms with Crippen molar-refractivity contribution in [3.63, 3.8) is 0 Å². The summed E-state index contributed by atoms with van der Waals surface area (Å²) in [5, 5.41) is 8.76. The lowest BCUT2D eigenvalue weighted by Crippen LogP contribution is -2.22. The highest BCUT2D eigenvalue weighted by Gasteiger charge is 2.20. The molecule has 0 spiro atoms. The lowest BCUT2D eigenvalue weighted by atomic mass is 10.1. The SMILES string of the molecule is CCn1cc(Nc2nc(OC(C)c3ccccc3)c3c(Cl)cn(COCC[Si](C)(C)C)c3n2)cn1. The first-order valence-electron chi connectivity index (χ1n) is 11.9. The Kier molecular flexibility index (Phi) is 7.78. The fourth-order valence-electron chi connectivity index (χ4n) is 3.58. The molecule has 10 heteroatoms. The van der Waals surface area contributed by atoms with Crippen molar-refractivity contribution in [2.75, 3.05) is 11.9 Å². The van der Waals surface area contributed by atoms with Gasteiger partial charge in [-0.3, -0.25) is 4.68 Å². The number of nitrogens with one attached hydrogen (secondary N) is 1. The van der Waals surface area contributed by atoms with E-state index in [9.17, 15) is 0 Å². The molecule has 8 nitrogen and oxygen atoms in total. The first-order valence-corrected chi connectivity index (χ1v) is 16.0. The van der Waals surface area contributed by atoms with Gasteiger partial charge in [-0.15, -0.1) is 0 Å². The largest absolute Gasteiger partial charge is 0.469 e. The van der Waals surface area contributed by atoms with E-state index in [1.807, 2.05) is 65.8 Å². The zero-order chi connectivity index (χ0) is 25.0. The van der Waals surface area contributed by atoms with Crippen molar-refractivity contribution >= 4 is 42.3 Å². The van der Waals surface area contributed by atoms with Crippen molar-refractivity contribution in [2.45, 2.75) is 58.9 Å². The Balaban J connectivity index is 1.67. The molecule has 4 rings (SSSR count). The first-order chi connectivity index (χ1) is 16.7. The molecule has 3 aromatic heterocycles. The van der Waals surface area contributed by atoms with Gasteiger partial charge in [-0.1, -0.05) is 61.6 Å². The number of aromatic nitrogens is 5. The molecule has 0 aliphatic carbocycles. The summed E-state index contributed by atoms with van der Waals surface area (Å²) in [5.74, 6) is 0.823. The monoisotopic (exact) mass is 512 g/mol. The van der Waals surface area contributed by atoms with Crippen molar-refractivity contribution in [3.05, 3.63) is 59.5 Å². The van der Waals surface area contributed by atoms with Crippen LogP contribution in [-0.4, -0.2) is 39.0 Å². The van der Waals surface area contributed by atoms with Gasteiger partial charge in [0.2, 0.25) is 11.8 Å². The maximum atomic E-state index is 6.67. The van der Waals surface area contributed by atoms with Gasteiger partial charge in [0.05, 0.1) is 22.3 Å². The Labute approximate surface area is 212 Å². The summed E-state index contributed by atoms with van der Waals surface area (Å²) in [7, 11) is -1.18. The number of anilines is 2. The molecule has 1 aromatic carbocycles. The fraction of sp³-hybridized carbons (Fsp3) is 0.400. The highest BCUT2D eigenvalue weighted by atomic mass is 35.5. The second-order valence-corrected chi connectivity index (χ2v) is 15.8. The molecule has 1 atom stereocenters. The Bertz CT molecular complexity index is 1270. The van der Waals surface area contributed by atoms with Crippen LogP contribution in [0, 0.1) is 0 Å². The number of halogens is 1. The van der Waals surface area contributed by atoms with Gasteiger partial charge in [0.15, 0.2) is 5.65 Å². The molecule has 1 unspecified atom stereocenters. The Morgan fingerprint density at radius 3 is 2.57 bits per heavy atom. The van der Waals surface area contributed by atoms with E-state index in [2.05, 4.69) is 35.0 Å². The number of rotatable bonds is 11. The van der Waals surface area contributed by atoms with Crippen molar-refractivity contribution in [1.29, 1.82) is 0 Å². The maximum Gasteiger partial charge on any atom is 0.232 e. The molecule has 3 heterocycles.